The van der Waals surface area contributed by atoms with Crippen molar-refractivity contribution < 1.29 is 32.2 Å². The fraction of sp³-hybridized carbons (Fsp3) is 0.222. The molecule has 0 saturated heterocycles. The van der Waals surface area contributed by atoms with Crippen LogP contribution >= 0.6 is 0 Å². The van der Waals surface area contributed by atoms with Crippen LogP contribution in [0.25, 0.3) is 0 Å². The lowest BCUT2D eigenvalue weighted by molar-refractivity contribution is -0.137. The Hall–Kier alpha value is -3.23. The molecule has 2 amide bonds. The van der Waals surface area contributed by atoms with Gasteiger partial charge in [0.15, 0.2) is 6.61 Å². The third kappa shape index (κ3) is 6.21. The molecule has 2 aromatic rings. The molecule has 0 spiro atoms. The van der Waals surface area contributed by atoms with Crippen molar-refractivity contribution in [1.29, 1.82) is 0 Å². The van der Waals surface area contributed by atoms with Gasteiger partial charge in [0, 0.05) is 5.56 Å². The average molecular weight is 382 g/mol. The smallest absolute Gasteiger partial charge is 0.416 e. The highest BCUT2D eigenvalue weighted by atomic mass is 19.4. The van der Waals surface area contributed by atoms with E-state index < -0.39 is 30.2 Å². The van der Waals surface area contributed by atoms with Crippen molar-refractivity contribution in [2.24, 2.45) is 0 Å². The number of rotatable bonds is 6. The molecule has 2 aromatic carbocycles. The average Bonchev–Trinajstić information content (AvgIpc) is 2.64. The number of methoxy groups -OCH3 is 1. The lowest BCUT2D eigenvalue weighted by Gasteiger charge is -2.11. The maximum absolute atomic E-state index is 12.6. The molecule has 27 heavy (non-hydrogen) atoms. The molecular formula is C18H17F3N2O4. The second-order valence-corrected chi connectivity index (χ2v) is 5.40. The van der Waals surface area contributed by atoms with Gasteiger partial charge in [-0.15, -0.1) is 0 Å². The Bertz CT molecular complexity index is 809. The second kappa shape index (κ2) is 8.93. The molecule has 0 saturated carbocycles. The Morgan fingerprint density at radius 1 is 1.00 bits per heavy atom. The van der Waals surface area contributed by atoms with Crippen molar-refractivity contribution in [3.8, 4) is 11.5 Å². The Balaban J connectivity index is 1.80. The summed E-state index contributed by atoms with van der Waals surface area (Å²) in [5.41, 5.74) is 4.08. The van der Waals surface area contributed by atoms with Crippen LogP contribution in [0.5, 0.6) is 11.5 Å². The fourth-order valence-electron chi connectivity index (χ4n) is 2.15. The van der Waals surface area contributed by atoms with E-state index in [1.54, 1.807) is 24.3 Å². The first-order valence-electron chi connectivity index (χ1n) is 7.79. The highest BCUT2D eigenvalue weighted by Gasteiger charge is 2.30. The van der Waals surface area contributed by atoms with Crippen molar-refractivity contribution >= 4 is 11.8 Å². The van der Waals surface area contributed by atoms with Crippen LogP contribution in [-0.2, 0) is 22.2 Å². The SMILES string of the molecule is COc1ccccc1CC(=O)NNC(=O)COc1cccc(C(F)(F)F)c1. The van der Waals surface area contributed by atoms with E-state index in [1.165, 1.54) is 19.2 Å². The summed E-state index contributed by atoms with van der Waals surface area (Å²) in [7, 11) is 1.48. The monoisotopic (exact) mass is 382 g/mol. The van der Waals surface area contributed by atoms with Gasteiger partial charge in [0.05, 0.1) is 19.1 Å². The van der Waals surface area contributed by atoms with Crippen molar-refractivity contribution in [2.75, 3.05) is 13.7 Å². The van der Waals surface area contributed by atoms with E-state index in [-0.39, 0.29) is 12.2 Å². The summed E-state index contributed by atoms with van der Waals surface area (Å²) in [6, 6.07) is 11.0. The molecule has 2 rings (SSSR count). The first-order chi connectivity index (χ1) is 12.8. The van der Waals surface area contributed by atoms with E-state index >= 15 is 0 Å². The highest BCUT2D eigenvalue weighted by Crippen LogP contribution is 2.31. The van der Waals surface area contributed by atoms with Gasteiger partial charge < -0.3 is 9.47 Å². The van der Waals surface area contributed by atoms with Crippen LogP contribution in [-0.4, -0.2) is 25.5 Å². The number of alkyl halides is 3. The standard InChI is InChI=1S/C18H17F3N2O4/c1-26-15-8-3-2-5-12(15)9-16(24)22-23-17(25)11-27-14-7-4-6-13(10-14)18(19,20)21/h2-8,10H,9,11H2,1H3,(H,22,24)(H,23,25). The summed E-state index contributed by atoms with van der Waals surface area (Å²) >= 11 is 0. The second-order valence-electron chi connectivity index (χ2n) is 5.40. The molecule has 0 aliphatic carbocycles. The molecule has 0 aliphatic heterocycles. The molecule has 0 bridgehead atoms. The van der Waals surface area contributed by atoms with E-state index in [0.29, 0.717) is 11.3 Å². The van der Waals surface area contributed by atoms with Gasteiger partial charge in [-0.3, -0.25) is 20.4 Å². The van der Waals surface area contributed by atoms with E-state index in [2.05, 4.69) is 10.9 Å². The third-order valence-corrected chi connectivity index (χ3v) is 3.42. The molecule has 0 atom stereocenters. The summed E-state index contributed by atoms with van der Waals surface area (Å²) in [4.78, 5) is 23.5. The number of hydrogen-bond donors (Lipinski definition) is 2. The van der Waals surface area contributed by atoms with Crippen LogP contribution in [0.2, 0.25) is 0 Å². The predicted octanol–water partition coefficient (Wildman–Crippen LogP) is 2.48. The minimum absolute atomic E-state index is 0.0290. The molecule has 2 N–H and O–H groups in total. The first kappa shape index (κ1) is 20.1. The van der Waals surface area contributed by atoms with Gasteiger partial charge in [0.25, 0.3) is 5.91 Å². The number of hydrogen-bond acceptors (Lipinski definition) is 4. The van der Waals surface area contributed by atoms with E-state index in [1.807, 2.05) is 0 Å². The first-order valence-corrected chi connectivity index (χ1v) is 7.79. The molecular weight excluding hydrogens is 365 g/mol. The Kier molecular flexibility index (Phi) is 6.64. The number of halogens is 3. The molecule has 0 fully saturated rings. The van der Waals surface area contributed by atoms with Crippen molar-refractivity contribution in [1.82, 2.24) is 10.9 Å². The maximum atomic E-state index is 12.6. The van der Waals surface area contributed by atoms with Crippen LogP contribution in [0.1, 0.15) is 11.1 Å². The number of carbonyl (C=O) groups excluding carboxylic acids is 2. The zero-order valence-corrected chi connectivity index (χ0v) is 14.3. The van der Waals surface area contributed by atoms with Crippen LogP contribution in [0.15, 0.2) is 48.5 Å². The molecule has 0 unspecified atom stereocenters. The Morgan fingerprint density at radius 3 is 2.41 bits per heavy atom. The van der Waals surface area contributed by atoms with Gasteiger partial charge in [-0.05, 0) is 24.3 Å². The maximum Gasteiger partial charge on any atom is 0.416 e. The van der Waals surface area contributed by atoms with Gasteiger partial charge >= 0.3 is 6.18 Å². The molecule has 0 heterocycles. The summed E-state index contributed by atoms with van der Waals surface area (Å²) in [5.74, 6) is -0.792. The van der Waals surface area contributed by atoms with Crippen molar-refractivity contribution in [3.63, 3.8) is 0 Å². The van der Waals surface area contributed by atoms with Gasteiger partial charge in [0.2, 0.25) is 5.91 Å². The highest BCUT2D eigenvalue weighted by molar-refractivity contribution is 5.84. The molecule has 6 nitrogen and oxygen atoms in total. The molecule has 144 valence electrons. The topological polar surface area (TPSA) is 76.7 Å². The largest absolute Gasteiger partial charge is 0.496 e. The Labute approximate surface area is 153 Å². The van der Waals surface area contributed by atoms with Crippen LogP contribution < -0.4 is 20.3 Å². The fourth-order valence-corrected chi connectivity index (χ4v) is 2.15. The third-order valence-electron chi connectivity index (χ3n) is 3.42. The van der Waals surface area contributed by atoms with Gasteiger partial charge in [-0.1, -0.05) is 24.3 Å². The summed E-state index contributed by atoms with van der Waals surface area (Å²) in [6.45, 7) is -0.559. The minimum atomic E-state index is -4.51. The van der Waals surface area contributed by atoms with E-state index in [0.717, 1.165) is 12.1 Å². The number of carbonyl (C=O) groups is 2. The normalized spacial score (nSPS) is 10.8. The Morgan fingerprint density at radius 2 is 1.70 bits per heavy atom. The van der Waals surface area contributed by atoms with Gasteiger partial charge in [-0.2, -0.15) is 13.2 Å². The van der Waals surface area contributed by atoms with Gasteiger partial charge in [-0.25, -0.2) is 0 Å². The number of para-hydroxylation sites is 1. The molecule has 9 heteroatoms. The van der Waals surface area contributed by atoms with E-state index in [9.17, 15) is 22.8 Å². The number of ether oxygens (including phenoxy) is 2. The number of hydrazine groups is 1. The van der Waals surface area contributed by atoms with Crippen LogP contribution in [0, 0.1) is 0 Å². The van der Waals surface area contributed by atoms with E-state index in [4.69, 9.17) is 9.47 Å². The molecule has 0 aliphatic rings. The predicted molar refractivity (Wildman–Crippen MR) is 89.9 cm³/mol. The lowest BCUT2D eigenvalue weighted by Crippen LogP contribution is -2.44. The molecule has 0 radical (unpaired) electrons. The lowest BCUT2D eigenvalue weighted by atomic mass is 10.1. The minimum Gasteiger partial charge on any atom is -0.496 e. The zero-order chi connectivity index (χ0) is 19.9. The molecule has 0 aromatic heterocycles. The number of nitrogens with one attached hydrogen (secondary N) is 2. The zero-order valence-electron chi connectivity index (χ0n) is 14.3. The van der Waals surface area contributed by atoms with Crippen LogP contribution in [0.3, 0.4) is 0 Å². The number of amides is 2. The van der Waals surface area contributed by atoms with Crippen molar-refractivity contribution in [2.45, 2.75) is 12.6 Å². The quantitative estimate of drug-likeness (QED) is 0.753. The summed E-state index contributed by atoms with van der Waals surface area (Å²) in [6.07, 6.45) is -4.53. The number of benzene rings is 2. The summed E-state index contributed by atoms with van der Waals surface area (Å²) < 4.78 is 48.0. The van der Waals surface area contributed by atoms with Crippen LogP contribution in [0.4, 0.5) is 13.2 Å². The van der Waals surface area contributed by atoms with Crippen molar-refractivity contribution in [3.05, 3.63) is 59.7 Å². The summed E-state index contributed by atoms with van der Waals surface area (Å²) in [5, 5.41) is 0. The van der Waals surface area contributed by atoms with Gasteiger partial charge in [0.1, 0.15) is 11.5 Å².